The molecule has 2 heterocycles. The van der Waals surface area contributed by atoms with E-state index in [2.05, 4.69) is 26.2 Å². The van der Waals surface area contributed by atoms with Crippen molar-refractivity contribution in [1.29, 1.82) is 5.26 Å². The number of aromatic nitrogens is 1. The molecule has 1 amide bonds. The topological polar surface area (TPSA) is 103 Å². The maximum Gasteiger partial charge on any atom is 0.271 e. The molecule has 0 saturated carbocycles. The molecule has 1 aromatic rings. The summed E-state index contributed by atoms with van der Waals surface area (Å²) in [5.41, 5.74) is 0.275. The Morgan fingerprint density at radius 1 is 1.50 bits per heavy atom. The van der Waals surface area contributed by atoms with Crippen LogP contribution in [-0.2, 0) is 10.0 Å². The normalized spacial score (nSPS) is 17.0. The number of nitrogens with one attached hydrogen (secondary N) is 1. The number of pyridine rings is 1. The van der Waals surface area contributed by atoms with Crippen LogP contribution in [0.25, 0.3) is 0 Å². The number of hydrogen-bond donors (Lipinski definition) is 1. The summed E-state index contributed by atoms with van der Waals surface area (Å²) in [5.74, 6) is -0.415. The Bertz CT molecular complexity index is 721. The minimum Gasteiger partial charge on any atom is -0.348 e. The predicted molar refractivity (Wildman–Crippen MR) is 83.6 cm³/mol. The highest BCUT2D eigenvalue weighted by Crippen LogP contribution is 2.16. The number of carbonyl (C=O) groups is 1. The Kier molecular flexibility index (Phi) is 5.16. The van der Waals surface area contributed by atoms with Crippen LogP contribution in [0.4, 0.5) is 0 Å². The zero-order valence-electron chi connectivity index (χ0n) is 11.9. The van der Waals surface area contributed by atoms with Gasteiger partial charge in [-0.25, -0.2) is 17.7 Å². The molecule has 0 aromatic carbocycles. The van der Waals surface area contributed by atoms with E-state index in [-0.39, 0.29) is 17.3 Å². The van der Waals surface area contributed by atoms with E-state index >= 15 is 0 Å². The van der Waals surface area contributed by atoms with E-state index < -0.39 is 15.9 Å². The SMILES string of the molecule is CS(=O)(=O)N1CCC(NC(=O)c2ncc(Br)cc2C#N)CC1. The fraction of sp³-hybridized carbons (Fsp3) is 0.462. The number of nitrogens with zero attached hydrogens (tertiary/aromatic N) is 3. The number of hydrogen-bond acceptors (Lipinski definition) is 5. The zero-order chi connectivity index (χ0) is 16.3. The van der Waals surface area contributed by atoms with Crippen molar-refractivity contribution in [3.63, 3.8) is 0 Å². The molecule has 1 fully saturated rings. The number of amides is 1. The zero-order valence-corrected chi connectivity index (χ0v) is 14.3. The average Bonchev–Trinajstić information content (AvgIpc) is 2.46. The van der Waals surface area contributed by atoms with E-state index in [1.54, 1.807) is 0 Å². The summed E-state index contributed by atoms with van der Waals surface area (Å²) in [4.78, 5) is 16.2. The lowest BCUT2D eigenvalue weighted by Crippen LogP contribution is -2.46. The van der Waals surface area contributed by atoms with Crippen LogP contribution in [-0.4, -0.2) is 49.0 Å². The first-order chi connectivity index (χ1) is 10.3. The molecule has 1 saturated heterocycles. The van der Waals surface area contributed by atoms with Crippen LogP contribution in [0.5, 0.6) is 0 Å². The van der Waals surface area contributed by atoms with Gasteiger partial charge in [0.2, 0.25) is 10.0 Å². The first-order valence-electron chi connectivity index (χ1n) is 6.63. The van der Waals surface area contributed by atoms with Crippen LogP contribution in [0.15, 0.2) is 16.7 Å². The summed E-state index contributed by atoms with van der Waals surface area (Å²) in [7, 11) is -3.19. The Labute approximate surface area is 137 Å². The molecule has 9 heteroatoms. The smallest absolute Gasteiger partial charge is 0.271 e. The number of piperidine rings is 1. The van der Waals surface area contributed by atoms with Gasteiger partial charge in [-0.2, -0.15) is 5.26 Å². The van der Waals surface area contributed by atoms with Gasteiger partial charge in [0, 0.05) is 29.8 Å². The van der Waals surface area contributed by atoms with Gasteiger partial charge in [-0.3, -0.25) is 4.79 Å². The van der Waals surface area contributed by atoms with Gasteiger partial charge in [0.05, 0.1) is 11.8 Å². The molecule has 1 aliphatic rings. The molecule has 7 nitrogen and oxygen atoms in total. The summed E-state index contributed by atoms with van der Waals surface area (Å²) < 4.78 is 24.9. The molecule has 118 valence electrons. The summed E-state index contributed by atoms with van der Waals surface area (Å²) in [6.07, 6.45) is 3.72. The Morgan fingerprint density at radius 2 is 2.14 bits per heavy atom. The van der Waals surface area contributed by atoms with Crippen LogP contribution in [0.1, 0.15) is 28.9 Å². The highest BCUT2D eigenvalue weighted by molar-refractivity contribution is 9.10. The van der Waals surface area contributed by atoms with Gasteiger partial charge in [0.25, 0.3) is 5.91 Å². The van der Waals surface area contributed by atoms with Crippen molar-refractivity contribution in [2.75, 3.05) is 19.3 Å². The third-order valence-corrected chi connectivity index (χ3v) is 5.18. The van der Waals surface area contributed by atoms with E-state index in [0.29, 0.717) is 30.4 Å². The summed E-state index contributed by atoms with van der Waals surface area (Å²) in [6.45, 7) is 0.755. The molecule has 1 aromatic heterocycles. The number of rotatable bonds is 3. The van der Waals surface area contributed by atoms with E-state index in [1.165, 1.54) is 22.8 Å². The molecule has 0 radical (unpaired) electrons. The molecular formula is C13H15BrN4O3S. The Hall–Kier alpha value is -1.50. The quantitative estimate of drug-likeness (QED) is 0.829. The third kappa shape index (κ3) is 4.03. The molecule has 22 heavy (non-hydrogen) atoms. The van der Waals surface area contributed by atoms with Crippen molar-refractivity contribution in [1.82, 2.24) is 14.6 Å². The fourth-order valence-corrected chi connectivity index (χ4v) is 3.50. The van der Waals surface area contributed by atoms with E-state index in [0.717, 1.165) is 0 Å². The monoisotopic (exact) mass is 386 g/mol. The van der Waals surface area contributed by atoms with Crippen LogP contribution < -0.4 is 5.32 Å². The van der Waals surface area contributed by atoms with Crippen molar-refractivity contribution in [2.45, 2.75) is 18.9 Å². The number of carbonyl (C=O) groups excluding carboxylic acids is 1. The molecule has 0 bridgehead atoms. The lowest BCUT2D eigenvalue weighted by Gasteiger charge is -2.30. The number of nitriles is 1. The van der Waals surface area contributed by atoms with Crippen molar-refractivity contribution in [2.24, 2.45) is 0 Å². The van der Waals surface area contributed by atoms with Gasteiger partial charge in [-0.15, -0.1) is 0 Å². The molecule has 1 N–H and O–H groups in total. The highest BCUT2D eigenvalue weighted by Gasteiger charge is 2.26. The summed E-state index contributed by atoms with van der Waals surface area (Å²) >= 11 is 3.20. The Balaban J connectivity index is 2.01. The van der Waals surface area contributed by atoms with E-state index in [4.69, 9.17) is 5.26 Å². The van der Waals surface area contributed by atoms with Gasteiger partial charge in [-0.1, -0.05) is 0 Å². The molecule has 0 unspecified atom stereocenters. The van der Waals surface area contributed by atoms with Crippen molar-refractivity contribution in [3.05, 3.63) is 28.0 Å². The maximum absolute atomic E-state index is 12.2. The second-order valence-electron chi connectivity index (χ2n) is 5.07. The van der Waals surface area contributed by atoms with E-state index in [9.17, 15) is 13.2 Å². The Morgan fingerprint density at radius 3 is 2.68 bits per heavy atom. The second-order valence-corrected chi connectivity index (χ2v) is 7.97. The van der Waals surface area contributed by atoms with Crippen molar-refractivity contribution >= 4 is 31.9 Å². The van der Waals surface area contributed by atoms with Gasteiger partial charge in [-0.05, 0) is 34.8 Å². The molecule has 0 aliphatic carbocycles. The largest absolute Gasteiger partial charge is 0.348 e. The fourth-order valence-electron chi connectivity index (χ4n) is 2.29. The van der Waals surface area contributed by atoms with Crippen LogP contribution in [0, 0.1) is 11.3 Å². The van der Waals surface area contributed by atoms with Gasteiger partial charge >= 0.3 is 0 Å². The van der Waals surface area contributed by atoms with Crippen LogP contribution >= 0.6 is 15.9 Å². The number of sulfonamides is 1. The summed E-state index contributed by atoms with van der Waals surface area (Å²) in [5, 5.41) is 11.9. The van der Waals surface area contributed by atoms with Gasteiger partial charge in [0.1, 0.15) is 11.8 Å². The van der Waals surface area contributed by atoms with E-state index in [1.807, 2.05) is 6.07 Å². The lowest BCUT2D eigenvalue weighted by molar-refractivity contribution is 0.0918. The minimum atomic E-state index is -3.19. The minimum absolute atomic E-state index is 0.0799. The van der Waals surface area contributed by atoms with Gasteiger partial charge < -0.3 is 5.32 Å². The average molecular weight is 387 g/mol. The maximum atomic E-state index is 12.2. The summed E-state index contributed by atoms with van der Waals surface area (Å²) in [6, 6.07) is 3.35. The molecular weight excluding hydrogens is 372 g/mol. The first-order valence-corrected chi connectivity index (χ1v) is 9.27. The van der Waals surface area contributed by atoms with Crippen molar-refractivity contribution < 1.29 is 13.2 Å². The third-order valence-electron chi connectivity index (χ3n) is 3.45. The lowest BCUT2D eigenvalue weighted by atomic mass is 10.1. The van der Waals surface area contributed by atoms with Crippen molar-refractivity contribution in [3.8, 4) is 6.07 Å². The second kappa shape index (κ2) is 6.73. The molecule has 2 rings (SSSR count). The molecule has 0 spiro atoms. The first kappa shape index (κ1) is 16.9. The highest BCUT2D eigenvalue weighted by atomic mass is 79.9. The van der Waals surface area contributed by atoms with Crippen LogP contribution in [0.3, 0.4) is 0 Å². The standard InChI is InChI=1S/C13H15BrN4O3S/c1-22(20,21)18-4-2-11(3-5-18)17-13(19)12-9(7-15)6-10(14)8-16-12/h6,8,11H,2-5H2,1H3,(H,17,19). The molecule has 1 aliphatic heterocycles. The number of halogens is 1. The van der Waals surface area contributed by atoms with Gasteiger partial charge in [0.15, 0.2) is 0 Å². The molecule has 0 atom stereocenters. The predicted octanol–water partition coefficient (Wildman–Crippen LogP) is 0.870. The van der Waals surface area contributed by atoms with Crippen LogP contribution in [0.2, 0.25) is 0 Å².